The van der Waals surface area contributed by atoms with Crippen LogP contribution in [-0.4, -0.2) is 5.11 Å². The summed E-state index contributed by atoms with van der Waals surface area (Å²) in [5.74, 6) is 0.260. The Balaban J connectivity index is 2.03. The van der Waals surface area contributed by atoms with Crippen molar-refractivity contribution in [1.29, 1.82) is 0 Å². The van der Waals surface area contributed by atoms with E-state index >= 15 is 0 Å². The molecular weight excluding hydrogens is 260 g/mol. The van der Waals surface area contributed by atoms with Gasteiger partial charge in [-0.15, -0.1) is 5.11 Å². The third-order valence-electron chi connectivity index (χ3n) is 3.64. The third-order valence-corrected chi connectivity index (χ3v) is 3.64. The first-order chi connectivity index (χ1) is 10.1. The molecule has 3 nitrogen and oxygen atoms in total. The molecule has 3 rings (SSSR count). The molecule has 0 fully saturated rings. The van der Waals surface area contributed by atoms with E-state index in [2.05, 4.69) is 24.1 Å². The number of fused-ring (bicyclic) bond motifs is 1. The van der Waals surface area contributed by atoms with Crippen molar-refractivity contribution in [3.8, 4) is 5.75 Å². The van der Waals surface area contributed by atoms with Gasteiger partial charge < -0.3 is 5.11 Å². The van der Waals surface area contributed by atoms with E-state index in [1.54, 1.807) is 12.1 Å². The molecule has 0 amide bonds. The van der Waals surface area contributed by atoms with E-state index < -0.39 is 0 Å². The summed E-state index contributed by atoms with van der Waals surface area (Å²) in [6.07, 6.45) is 0. The molecule has 0 bridgehead atoms. The molecule has 0 saturated carbocycles. The van der Waals surface area contributed by atoms with Gasteiger partial charge in [0, 0.05) is 10.8 Å². The first-order valence-electron chi connectivity index (χ1n) is 6.85. The van der Waals surface area contributed by atoms with Crippen molar-refractivity contribution in [1.82, 2.24) is 0 Å². The van der Waals surface area contributed by atoms with Crippen molar-refractivity contribution in [3.05, 3.63) is 65.7 Å². The van der Waals surface area contributed by atoms with Crippen LogP contribution in [-0.2, 0) is 0 Å². The SMILES string of the molecule is Cc1ccc(N=Nc2ccc(O)c3ccccc23)cc1C. The van der Waals surface area contributed by atoms with Crippen molar-refractivity contribution in [3.63, 3.8) is 0 Å². The number of benzene rings is 3. The molecule has 0 heterocycles. The van der Waals surface area contributed by atoms with E-state index in [9.17, 15) is 5.11 Å². The third kappa shape index (κ3) is 2.63. The predicted octanol–water partition coefficient (Wildman–Crippen LogP) is 5.58. The topological polar surface area (TPSA) is 45.0 Å². The highest BCUT2D eigenvalue weighted by Crippen LogP contribution is 2.33. The Bertz CT molecular complexity index is 838. The minimum atomic E-state index is 0.260. The Labute approximate surface area is 123 Å². The molecule has 0 aromatic heterocycles. The lowest BCUT2D eigenvalue weighted by Crippen LogP contribution is -1.78. The largest absolute Gasteiger partial charge is 0.507 e. The quantitative estimate of drug-likeness (QED) is 0.610. The molecule has 0 aliphatic heterocycles. The molecule has 0 atom stereocenters. The van der Waals surface area contributed by atoms with Gasteiger partial charge in [0.2, 0.25) is 0 Å². The monoisotopic (exact) mass is 276 g/mol. The Kier molecular flexibility index (Phi) is 3.40. The van der Waals surface area contributed by atoms with Gasteiger partial charge in [-0.2, -0.15) is 5.11 Å². The number of hydrogen-bond donors (Lipinski definition) is 1. The summed E-state index contributed by atoms with van der Waals surface area (Å²) in [5, 5.41) is 20.2. The summed E-state index contributed by atoms with van der Waals surface area (Å²) in [7, 11) is 0. The zero-order valence-electron chi connectivity index (χ0n) is 12.0. The molecule has 3 aromatic rings. The predicted molar refractivity (Wildman–Crippen MR) is 85.7 cm³/mol. The van der Waals surface area contributed by atoms with Gasteiger partial charge in [0.05, 0.1) is 11.4 Å². The summed E-state index contributed by atoms with van der Waals surface area (Å²) in [6.45, 7) is 4.13. The number of hydrogen-bond acceptors (Lipinski definition) is 3. The van der Waals surface area contributed by atoms with Gasteiger partial charge in [-0.1, -0.05) is 30.3 Å². The van der Waals surface area contributed by atoms with Crippen LogP contribution in [0.1, 0.15) is 11.1 Å². The fraction of sp³-hybridized carbons (Fsp3) is 0.111. The summed E-state index contributed by atoms with van der Waals surface area (Å²) in [5.41, 5.74) is 4.02. The van der Waals surface area contributed by atoms with Crippen molar-refractivity contribution in [2.75, 3.05) is 0 Å². The van der Waals surface area contributed by atoms with Crippen LogP contribution >= 0.6 is 0 Å². The summed E-state index contributed by atoms with van der Waals surface area (Å²) in [6, 6.07) is 17.1. The Morgan fingerprint density at radius 3 is 2.29 bits per heavy atom. The highest BCUT2D eigenvalue weighted by Gasteiger charge is 2.04. The lowest BCUT2D eigenvalue weighted by atomic mass is 10.1. The van der Waals surface area contributed by atoms with Gasteiger partial charge in [0.1, 0.15) is 5.75 Å². The lowest BCUT2D eigenvalue weighted by Gasteiger charge is -2.03. The van der Waals surface area contributed by atoms with Gasteiger partial charge in [0.25, 0.3) is 0 Å². The maximum Gasteiger partial charge on any atom is 0.123 e. The van der Waals surface area contributed by atoms with Gasteiger partial charge >= 0.3 is 0 Å². The molecule has 0 aliphatic rings. The molecule has 104 valence electrons. The number of azo groups is 1. The standard InChI is InChI=1S/C18H16N2O/c1-12-7-8-14(11-13(12)2)19-20-17-9-10-18(21)16-6-4-3-5-15(16)17/h3-11,21H,1-2H3. The molecule has 0 saturated heterocycles. The normalized spacial score (nSPS) is 11.3. The molecule has 1 N–H and O–H groups in total. The molecule has 21 heavy (non-hydrogen) atoms. The molecule has 3 aromatic carbocycles. The maximum absolute atomic E-state index is 9.88. The van der Waals surface area contributed by atoms with Crippen LogP contribution in [0.3, 0.4) is 0 Å². The Morgan fingerprint density at radius 2 is 1.52 bits per heavy atom. The zero-order chi connectivity index (χ0) is 14.8. The molecule has 0 radical (unpaired) electrons. The van der Waals surface area contributed by atoms with Gasteiger partial charge in [-0.3, -0.25) is 0 Å². The Hall–Kier alpha value is -2.68. The number of phenols is 1. The van der Waals surface area contributed by atoms with Crippen molar-refractivity contribution in [2.24, 2.45) is 10.2 Å². The van der Waals surface area contributed by atoms with Crippen molar-refractivity contribution >= 4 is 22.1 Å². The lowest BCUT2D eigenvalue weighted by molar-refractivity contribution is 0.481. The second-order valence-electron chi connectivity index (χ2n) is 5.12. The highest BCUT2D eigenvalue weighted by molar-refractivity contribution is 5.96. The summed E-state index contributed by atoms with van der Waals surface area (Å²) in [4.78, 5) is 0. The minimum Gasteiger partial charge on any atom is -0.507 e. The second kappa shape index (κ2) is 5.37. The molecule has 3 heteroatoms. The average Bonchev–Trinajstić information content (AvgIpc) is 2.50. The van der Waals surface area contributed by atoms with Crippen LogP contribution in [0.4, 0.5) is 11.4 Å². The van der Waals surface area contributed by atoms with E-state index in [0.29, 0.717) is 0 Å². The fourth-order valence-corrected chi connectivity index (χ4v) is 2.25. The second-order valence-corrected chi connectivity index (χ2v) is 5.12. The number of phenolic OH excluding ortho intramolecular Hbond substituents is 1. The number of aryl methyl sites for hydroxylation is 2. The van der Waals surface area contributed by atoms with E-state index in [1.807, 2.05) is 42.5 Å². The first kappa shape index (κ1) is 13.3. The first-order valence-corrected chi connectivity index (χ1v) is 6.85. The smallest absolute Gasteiger partial charge is 0.123 e. The molecule has 0 spiro atoms. The number of rotatable bonds is 2. The van der Waals surface area contributed by atoms with Gasteiger partial charge in [-0.25, -0.2) is 0 Å². The number of aromatic hydroxyl groups is 1. The van der Waals surface area contributed by atoms with Crippen molar-refractivity contribution in [2.45, 2.75) is 13.8 Å². The van der Waals surface area contributed by atoms with Crippen molar-refractivity contribution < 1.29 is 5.11 Å². The summed E-state index contributed by atoms with van der Waals surface area (Å²) < 4.78 is 0. The van der Waals surface area contributed by atoms with Crippen LogP contribution < -0.4 is 0 Å². The van der Waals surface area contributed by atoms with Crippen LogP contribution in [0.15, 0.2) is 64.8 Å². The Morgan fingerprint density at radius 1 is 0.762 bits per heavy atom. The number of nitrogens with zero attached hydrogens (tertiary/aromatic N) is 2. The van der Waals surface area contributed by atoms with Crippen LogP contribution in [0, 0.1) is 13.8 Å². The van der Waals surface area contributed by atoms with Crippen LogP contribution in [0.25, 0.3) is 10.8 Å². The summed E-state index contributed by atoms with van der Waals surface area (Å²) >= 11 is 0. The maximum atomic E-state index is 9.88. The van der Waals surface area contributed by atoms with E-state index in [-0.39, 0.29) is 5.75 Å². The van der Waals surface area contributed by atoms with E-state index in [0.717, 1.165) is 22.1 Å². The molecule has 0 unspecified atom stereocenters. The van der Waals surface area contributed by atoms with E-state index in [4.69, 9.17) is 0 Å². The minimum absolute atomic E-state index is 0.260. The highest BCUT2D eigenvalue weighted by atomic mass is 16.3. The van der Waals surface area contributed by atoms with Gasteiger partial charge in [-0.05, 0) is 49.2 Å². The van der Waals surface area contributed by atoms with Gasteiger partial charge in [0.15, 0.2) is 0 Å². The van der Waals surface area contributed by atoms with E-state index in [1.165, 1.54) is 11.1 Å². The van der Waals surface area contributed by atoms with Crippen LogP contribution in [0.2, 0.25) is 0 Å². The zero-order valence-corrected chi connectivity index (χ0v) is 12.0. The fourth-order valence-electron chi connectivity index (χ4n) is 2.25. The molecular formula is C18H16N2O. The average molecular weight is 276 g/mol. The van der Waals surface area contributed by atoms with Crippen LogP contribution in [0.5, 0.6) is 5.75 Å². The molecule has 0 aliphatic carbocycles.